The lowest BCUT2D eigenvalue weighted by Crippen LogP contribution is -2.19. The first kappa shape index (κ1) is 7.53. The van der Waals surface area contributed by atoms with Crippen molar-refractivity contribution in [1.82, 2.24) is 0 Å². The predicted octanol–water partition coefficient (Wildman–Crippen LogP) is 2.45. The first-order valence-electron chi connectivity index (χ1n) is 4.41. The lowest BCUT2D eigenvalue weighted by Gasteiger charge is -2.19. The van der Waals surface area contributed by atoms with Crippen LogP contribution in [0.15, 0.2) is 24.3 Å². The van der Waals surface area contributed by atoms with Crippen molar-refractivity contribution < 1.29 is 4.79 Å². The summed E-state index contributed by atoms with van der Waals surface area (Å²) in [7, 11) is 0. The molecule has 1 aliphatic rings. The van der Waals surface area contributed by atoms with Crippen LogP contribution in [0.3, 0.4) is 0 Å². The van der Waals surface area contributed by atoms with E-state index < -0.39 is 0 Å². The molecule has 1 nitrogen and oxygen atoms in total. The number of Topliss-reactive ketones (excluding diaryl/α,β-unsaturated/α-hetero) is 1. The fourth-order valence-corrected chi connectivity index (χ4v) is 1.75. The van der Waals surface area contributed by atoms with E-state index in [1.165, 1.54) is 5.56 Å². The molecule has 1 unspecified atom stereocenters. The maximum atomic E-state index is 11.6. The molecular weight excluding hydrogens is 148 g/mol. The zero-order valence-electron chi connectivity index (χ0n) is 7.21. The first-order chi connectivity index (χ1) is 5.79. The maximum absolute atomic E-state index is 11.6. The highest BCUT2D eigenvalue weighted by Crippen LogP contribution is 2.24. The molecular formula is C11H12O. The minimum absolute atomic E-state index is 0.222. The molecule has 1 aromatic carbocycles. The second kappa shape index (κ2) is 2.74. The van der Waals surface area contributed by atoms with Gasteiger partial charge in [-0.1, -0.05) is 31.2 Å². The number of carbonyl (C=O) groups excluding carboxylic acids is 1. The van der Waals surface area contributed by atoms with Crippen LogP contribution in [0.4, 0.5) is 0 Å². The predicted molar refractivity (Wildman–Crippen MR) is 48.3 cm³/mol. The third-order valence-corrected chi connectivity index (χ3v) is 2.58. The minimum atomic E-state index is 0.222. The van der Waals surface area contributed by atoms with Gasteiger partial charge in [0.25, 0.3) is 0 Å². The van der Waals surface area contributed by atoms with E-state index in [9.17, 15) is 4.79 Å². The van der Waals surface area contributed by atoms with E-state index in [1.54, 1.807) is 0 Å². The molecule has 0 radical (unpaired) electrons. The molecule has 1 heteroatoms. The highest BCUT2D eigenvalue weighted by molar-refractivity contribution is 5.99. The van der Waals surface area contributed by atoms with Crippen LogP contribution < -0.4 is 0 Å². The summed E-state index contributed by atoms with van der Waals surface area (Å²) in [6, 6.07) is 7.93. The Balaban J connectivity index is 2.49. The minimum Gasteiger partial charge on any atom is -0.294 e. The fourth-order valence-electron chi connectivity index (χ4n) is 1.75. The summed E-state index contributed by atoms with van der Waals surface area (Å²) in [6.07, 6.45) is 2.07. The average Bonchev–Trinajstić information content (AvgIpc) is 2.12. The highest BCUT2D eigenvalue weighted by Gasteiger charge is 2.22. The average molecular weight is 160 g/mol. The molecule has 0 amide bonds. The van der Waals surface area contributed by atoms with Crippen LogP contribution >= 0.6 is 0 Å². The number of hydrogen-bond donors (Lipinski definition) is 0. The lowest BCUT2D eigenvalue weighted by molar-refractivity contribution is 0.0913. The van der Waals surface area contributed by atoms with Gasteiger partial charge in [0.2, 0.25) is 0 Å². The Morgan fingerprint density at radius 3 is 2.92 bits per heavy atom. The summed E-state index contributed by atoms with van der Waals surface area (Å²) in [5, 5.41) is 0. The summed E-state index contributed by atoms with van der Waals surface area (Å²) in [4.78, 5) is 11.6. The normalized spacial score (nSPS) is 22.1. The van der Waals surface area contributed by atoms with Gasteiger partial charge in [0.15, 0.2) is 5.78 Å². The Morgan fingerprint density at radius 2 is 2.08 bits per heavy atom. The zero-order chi connectivity index (χ0) is 8.55. The number of carbonyl (C=O) groups is 1. The van der Waals surface area contributed by atoms with Crippen LogP contribution in [0.5, 0.6) is 0 Å². The van der Waals surface area contributed by atoms with Gasteiger partial charge in [0.1, 0.15) is 0 Å². The Hall–Kier alpha value is -1.11. The molecule has 0 aromatic heterocycles. The van der Waals surface area contributed by atoms with Crippen molar-refractivity contribution in [2.45, 2.75) is 19.8 Å². The van der Waals surface area contributed by atoms with Gasteiger partial charge in [-0.25, -0.2) is 0 Å². The maximum Gasteiger partial charge on any atom is 0.165 e. The first-order valence-corrected chi connectivity index (χ1v) is 4.41. The summed E-state index contributed by atoms with van der Waals surface area (Å²) >= 11 is 0. The Morgan fingerprint density at radius 1 is 1.33 bits per heavy atom. The van der Waals surface area contributed by atoms with Crippen LogP contribution in [-0.4, -0.2) is 5.78 Å². The third-order valence-electron chi connectivity index (χ3n) is 2.58. The number of ketones is 1. The Labute approximate surface area is 72.4 Å². The van der Waals surface area contributed by atoms with Crippen molar-refractivity contribution in [3.63, 3.8) is 0 Å². The molecule has 0 fully saturated rings. The summed E-state index contributed by atoms with van der Waals surface area (Å²) < 4.78 is 0. The number of rotatable bonds is 0. The second-order valence-corrected chi connectivity index (χ2v) is 3.46. The molecule has 2 rings (SSSR count). The van der Waals surface area contributed by atoms with E-state index in [1.807, 2.05) is 25.1 Å². The van der Waals surface area contributed by atoms with Gasteiger partial charge in [0.05, 0.1) is 0 Å². The van der Waals surface area contributed by atoms with Crippen molar-refractivity contribution >= 4 is 5.78 Å². The molecule has 0 heterocycles. The number of fused-ring (bicyclic) bond motifs is 1. The molecule has 62 valence electrons. The van der Waals surface area contributed by atoms with E-state index >= 15 is 0 Å². The van der Waals surface area contributed by atoms with E-state index in [4.69, 9.17) is 0 Å². The molecule has 12 heavy (non-hydrogen) atoms. The Bertz CT molecular complexity index is 315. The summed E-state index contributed by atoms with van der Waals surface area (Å²) in [5.74, 6) is 0.539. The Kier molecular flexibility index (Phi) is 1.72. The summed E-state index contributed by atoms with van der Waals surface area (Å²) in [5.41, 5.74) is 2.16. The number of benzene rings is 1. The molecule has 0 saturated carbocycles. The quantitative estimate of drug-likeness (QED) is 0.569. The van der Waals surface area contributed by atoms with Gasteiger partial charge in [-0.2, -0.15) is 0 Å². The lowest BCUT2D eigenvalue weighted by atomic mass is 9.84. The van der Waals surface area contributed by atoms with Crippen LogP contribution in [0, 0.1) is 5.92 Å². The van der Waals surface area contributed by atoms with Crippen molar-refractivity contribution in [1.29, 1.82) is 0 Å². The molecule has 1 aromatic rings. The van der Waals surface area contributed by atoms with Crippen LogP contribution in [0.1, 0.15) is 29.3 Å². The number of hydrogen-bond acceptors (Lipinski definition) is 1. The van der Waals surface area contributed by atoms with Gasteiger partial charge in [0, 0.05) is 11.5 Å². The molecule has 0 spiro atoms. The van der Waals surface area contributed by atoms with Gasteiger partial charge >= 0.3 is 0 Å². The van der Waals surface area contributed by atoms with E-state index in [2.05, 4.69) is 6.07 Å². The van der Waals surface area contributed by atoms with Crippen molar-refractivity contribution in [2.75, 3.05) is 0 Å². The van der Waals surface area contributed by atoms with Gasteiger partial charge < -0.3 is 0 Å². The van der Waals surface area contributed by atoms with Crippen molar-refractivity contribution in [3.05, 3.63) is 35.4 Å². The van der Waals surface area contributed by atoms with E-state index in [0.717, 1.165) is 18.4 Å². The topological polar surface area (TPSA) is 17.1 Å². The SMILES string of the molecule is CC1CCc2ccccc2C1=O. The molecule has 0 N–H and O–H groups in total. The third kappa shape index (κ3) is 1.06. The molecule has 1 atom stereocenters. The van der Waals surface area contributed by atoms with Gasteiger partial charge in [-0.15, -0.1) is 0 Å². The van der Waals surface area contributed by atoms with Crippen molar-refractivity contribution in [2.24, 2.45) is 5.92 Å². The molecule has 1 aliphatic carbocycles. The highest BCUT2D eigenvalue weighted by atomic mass is 16.1. The fraction of sp³-hybridized carbons (Fsp3) is 0.364. The van der Waals surface area contributed by atoms with Crippen LogP contribution in [0.2, 0.25) is 0 Å². The molecule has 0 bridgehead atoms. The summed E-state index contributed by atoms with van der Waals surface area (Å²) in [6.45, 7) is 2.01. The van der Waals surface area contributed by atoms with Crippen LogP contribution in [-0.2, 0) is 6.42 Å². The zero-order valence-corrected chi connectivity index (χ0v) is 7.21. The van der Waals surface area contributed by atoms with Crippen molar-refractivity contribution in [3.8, 4) is 0 Å². The number of aryl methyl sites for hydroxylation is 1. The van der Waals surface area contributed by atoms with E-state index in [-0.39, 0.29) is 5.92 Å². The largest absolute Gasteiger partial charge is 0.294 e. The van der Waals surface area contributed by atoms with Crippen LogP contribution in [0.25, 0.3) is 0 Å². The van der Waals surface area contributed by atoms with Gasteiger partial charge in [-0.05, 0) is 18.4 Å². The molecule has 0 aliphatic heterocycles. The smallest absolute Gasteiger partial charge is 0.165 e. The van der Waals surface area contributed by atoms with E-state index in [0.29, 0.717) is 5.78 Å². The molecule has 0 saturated heterocycles. The second-order valence-electron chi connectivity index (χ2n) is 3.46. The standard InChI is InChI=1S/C11H12O/c1-8-6-7-9-4-2-3-5-10(9)11(8)12/h2-5,8H,6-7H2,1H3. The van der Waals surface area contributed by atoms with Gasteiger partial charge in [-0.3, -0.25) is 4.79 Å². The monoisotopic (exact) mass is 160 g/mol.